The van der Waals surface area contributed by atoms with E-state index in [0.717, 1.165) is 18.4 Å². The Morgan fingerprint density at radius 1 is 0.838 bits per heavy atom. The van der Waals surface area contributed by atoms with E-state index in [4.69, 9.17) is 24.5 Å². The van der Waals surface area contributed by atoms with Gasteiger partial charge in [0.15, 0.2) is 0 Å². The molecule has 1 aromatic carbocycles. The molecule has 1 unspecified atom stereocenters. The highest BCUT2D eigenvalue weighted by Gasteiger charge is 2.19. The molecule has 0 spiro atoms. The number of ether oxygens (including phenoxy) is 2. The zero-order valence-corrected chi connectivity index (χ0v) is 23.8. The van der Waals surface area contributed by atoms with E-state index in [1.165, 1.54) is 89.9 Å². The summed E-state index contributed by atoms with van der Waals surface area (Å²) in [5.74, 6) is 0. The number of phosphoric ester groups is 1. The van der Waals surface area contributed by atoms with Crippen molar-refractivity contribution in [3.05, 3.63) is 35.4 Å². The van der Waals surface area contributed by atoms with Crippen molar-refractivity contribution in [3.8, 4) is 6.07 Å². The molecule has 1 rings (SSSR count). The maximum atomic E-state index is 11.1. The summed E-state index contributed by atoms with van der Waals surface area (Å²) in [6.45, 7) is 2.98. The number of hydrogen-bond donors (Lipinski definition) is 2. The Morgan fingerprint density at radius 3 is 1.89 bits per heavy atom. The van der Waals surface area contributed by atoms with Crippen molar-refractivity contribution in [2.24, 2.45) is 0 Å². The number of nitrogens with zero attached hydrogens (tertiary/aromatic N) is 1. The van der Waals surface area contributed by atoms with Crippen molar-refractivity contribution in [1.29, 1.82) is 5.26 Å². The Bertz CT molecular complexity index is 763. The van der Waals surface area contributed by atoms with Crippen molar-refractivity contribution >= 4 is 7.82 Å². The molecule has 0 saturated carbocycles. The van der Waals surface area contributed by atoms with Gasteiger partial charge in [0.05, 0.1) is 31.5 Å². The second-order valence-corrected chi connectivity index (χ2v) is 11.1. The Balaban J connectivity index is 2.04. The molecule has 37 heavy (non-hydrogen) atoms. The first kappa shape index (κ1) is 33.8. The van der Waals surface area contributed by atoms with Gasteiger partial charge in [-0.05, 0) is 24.1 Å². The monoisotopic (exact) mass is 539 g/mol. The minimum Gasteiger partial charge on any atom is -0.379 e. The van der Waals surface area contributed by atoms with Crippen molar-refractivity contribution in [2.75, 3.05) is 19.8 Å². The standard InChI is InChI=1S/C29H50NO6P/c1-2-3-4-5-6-7-8-9-10-11-12-13-14-15-16-17-21-34-25-29(26-36-37(31,32)33)35-24-28-20-18-19-27(22-28)23-30/h18-20,22,29H,2-17,21,24-26H2,1H3,(H2,31,32,33). The van der Waals surface area contributed by atoms with E-state index in [0.29, 0.717) is 12.2 Å². The van der Waals surface area contributed by atoms with Gasteiger partial charge in [0.1, 0.15) is 6.10 Å². The maximum absolute atomic E-state index is 11.1. The summed E-state index contributed by atoms with van der Waals surface area (Å²) in [5.41, 5.74) is 1.34. The Labute approximate surface area is 225 Å². The first-order valence-corrected chi connectivity index (χ1v) is 15.9. The van der Waals surface area contributed by atoms with Gasteiger partial charge in [-0.15, -0.1) is 0 Å². The highest BCUT2D eigenvalue weighted by molar-refractivity contribution is 7.46. The summed E-state index contributed by atoms with van der Waals surface area (Å²) in [5, 5.41) is 9.02. The molecule has 0 aliphatic carbocycles. The van der Waals surface area contributed by atoms with E-state index in [1.807, 2.05) is 6.07 Å². The Hall–Kier alpha value is -1.26. The zero-order valence-electron chi connectivity index (χ0n) is 23.0. The van der Waals surface area contributed by atoms with Gasteiger partial charge >= 0.3 is 7.82 Å². The summed E-state index contributed by atoms with van der Waals surface area (Å²) in [7, 11) is -4.58. The van der Waals surface area contributed by atoms with Gasteiger partial charge in [0.2, 0.25) is 0 Å². The van der Waals surface area contributed by atoms with Crippen LogP contribution in [-0.2, 0) is 25.2 Å². The quantitative estimate of drug-likeness (QED) is 0.0962. The molecule has 0 saturated heterocycles. The number of benzene rings is 1. The average molecular weight is 540 g/mol. The van der Waals surface area contributed by atoms with E-state index in [-0.39, 0.29) is 19.8 Å². The zero-order chi connectivity index (χ0) is 27.0. The van der Waals surface area contributed by atoms with Crippen molar-refractivity contribution in [1.82, 2.24) is 0 Å². The third-order valence-electron chi connectivity index (χ3n) is 6.42. The molecule has 0 fully saturated rings. The van der Waals surface area contributed by atoms with E-state index < -0.39 is 13.9 Å². The smallest absolute Gasteiger partial charge is 0.379 e. The molecule has 7 nitrogen and oxygen atoms in total. The van der Waals surface area contributed by atoms with Crippen LogP contribution in [0.5, 0.6) is 0 Å². The van der Waals surface area contributed by atoms with Crippen LogP contribution in [0.1, 0.15) is 121 Å². The van der Waals surface area contributed by atoms with Crippen LogP contribution < -0.4 is 0 Å². The fourth-order valence-corrected chi connectivity index (χ4v) is 4.60. The lowest BCUT2D eigenvalue weighted by Gasteiger charge is -2.18. The lowest BCUT2D eigenvalue weighted by atomic mass is 10.0. The second kappa shape index (κ2) is 22.7. The molecule has 0 amide bonds. The highest BCUT2D eigenvalue weighted by atomic mass is 31.2. The number of rotatable bonds is 25. The average Bonchev–Trinajstić information content (AvgIpc) is 2.88. The Morgan fingerprint density at radius 2 is 1.38 bits per heavy atom. The Kier molecular flexibility index (Phi) is 20.7. The second-order valence-electron chi connectivity index (χ2n) is 9.91. The molecule has 212 valence electrons. The first-order chi connectivity index (χ1) is 17.9. The minimum atomic E-state index is -4.58. The summed E-state index contributed by atoms with van der Waals surface area (Å²) in [4.78, 5) is 18.0. The van der Waals surface area contributed by atoms with Gasteiger partial charge < -0.3 is 19.3 Å². The van der Waals surface area contributed by atoms with Crippen LogP contribution in [0.2, 0.25) is 0 Å². The van der Waals surface area contributed by atoms with Crippen LogP contribution in [0.4, 0.5) is 0 Å². The van der Waals surface area contributed by atoms with Crippen molar-refractivity contribution < 1.29 is 28.3 Å². The third-order valence-corrected chi connectivity index (χ3v) is 6.90. The molecule has 1 aromatic rings. The molecular weight excluding hydrogens is 489 g/mol. The van der Waals surface area contributed by atoms with Gasteiger partial charge in [-0.3, -0.25) is 4.52 Å². The molecule has 0 aromatic heterocycles. The van der Waals surface area contributed by atoms with Crippen molar-refractivity contribution in [2.45, 2.75) is 122 Å². The normalized spacial score (nSPS) is 12.5. The summed E-state index contributed by atoms with van der Waals surface area (Å²) in [6.07, 6.45) is 20.5. The SMILES string of the molecule is CCCCCCCCCCCCCCCCCCOCC(COP(=O)(O)O)OCc1cccc(C#N)c1. The molecular formula is C29H50NO6P. The predicted octanol–water partition coefficient (Wildman–Crippen LogP) is 7.83. The molecule has 0 bridgehead atoms. The minimum absolute atomic E-state index is 0.191. The van der Waals surface area contributed by atoms with Gasteiger partial charge in [-0.1, -0.05) is 115 Å². The molecule has 0 radical (unpaired) electrons. The first-order valence-electron chi connectivity index (χ1n) is 14.3. The molecule has 0 aliphatic rings. The van der Waals surface area contributed by atoms with E-state index in [2.05, 4.69) is 17.5 Å². The van der Waals surface area contributed by atoms with Gasteiger partial charge in [-0.25, -0.2) is 4.57 Å². The molecule has 8 heteroatoms. The summed E-state index contributed by atoms with van der Waals surface area (Å²) >= 11 is 0. The predicted molar refractivity (Wildman–Crippen MR) is 148 cm³/mol. The number of hydrogen-bond acceptors (Lipinski definition) is 5. The molecule has 0 heterocycles. The number of nitriles is 1. The number of unbranched alkanes of at least 4 members (excludes halogenated alkanes) is 15. The molecule has 0 aliphatic heterocycles. The van der Waals surface area contributed by atoms with Crippen LogP contribution in [-0.4, -0.2) is 35.7 Å². The summed E-state index contributed by atoms with van der Waals surface area (Å²) in [6, 6.07) is 9.11. The fourth-order valence-electron chi connectivity index (χ4n) is 4.24. The number of phosphoric acid groups is 1. The van der Waals surface area contributed by atoms with Crippen LogP contribution in [0.15, 0.2) is 24.3 Å². The maximum Gasteiger partial charge on any atom is 0.469 e. The van der Waals surface area contributed by atoms with Crippen molar-refractivity contribution in [3.63, 3.8) is 0 Å². The molecule has 2 N–H and O–H groups in total. The summed E-state index contributed by atoms with van der Waals surface area (Å²) < 4.78 is 27.2. The van der Waals surface area contributed by atoms with E-state index >= 15 is 0 Å². The molecule has 1 atom stereocenters. The van der Waals surface area contributed by atoms with Crippen LogP contribution in [0, 0.1) is 11.3 Å². The third kappa shape index (κ3) is 21.4. The highest BCUT2D eigenvalue weighted by Crippen LogP contribution is 2.36. The largest absolute Gasteiger partial charge is 0.469 e. The van der Waals surface area contributed by atoms with E-state index in [9.17, 15) is 4.57 Å². The van der Waals surface area contributed by atoms with Crippen LogP contribution in [0.25, 0.3) is 0 Å². The fraction of sp³-hybridized carbons (Fsp3) is 0.759. The lowest BCUT2D eigenvalue weighted by Crippen LogP contribution is -2.25. The van der Waals surface area contributed by atoms with Crippen LogP contribution in [0.3, 0.4) is 0 Å². The van der Waals surface area contributed by atoms with Crippen LogP contribution >= 0.6 is 7.82 Å². The van der Waals surface area contributed by atoms with E-state index in [1.54, 1.807) is 18.2 Å². The lowest BCUT2D eigenvalue weighted by molar-refractivity contribution is -0.0493. The van der Waals surface area contributed by atoms with Gasteiger partial charge in [0.25, 0.3) is 0 Å². The van der Waals surface area contributed by atoms with Gasteiger partial charge in [0, 0.05) is 6.61 Å². The van der Waals surface area contributed by atoms with Gasteiger partial charge in [-0.2, -0.15) is 5.26 Å². The topological polar surface area (TPSA) is 109 Å².